The first-order valence-corrected chi connectivity index (χ1v) is 9.19. The van der Waals surface area contributed by atoms with E-state index in [-0.39, 0.29) is 11.9 Å². The largest absolute Gasteiger partial charge is 0.348 e. The Morgan fingerprint density at radius 1 is 1.00 bits per heavy atom. The van der Waals surface area contributed by atoms with Crippen LogP contribution in [0.4, 0.5) is 14.6 Å². The van der Waals surface area contributed by atoms with Gasteiger partial charge in [0, 0.05) is 6.54 Å². The van der Waals surface area contributed by atoms with Crippen LogP contribution < -0.4 is 4.90 Å². The number of aromatic nitrogens is 4. The number of hydrogen-bond donors (Lipinski definition) is 0. The molecule has 5 nitrogen and oxygen atoms in total. The lowest BCUT2D eigenvalue weighted by molar-refractivity contribution is 0.585. The summed E-state index contributed by atoms with van der Waals surface area (Å²) in [6.07, 6.45) is 3.58. The van der Waals surface area contributed by atoms with Crippen LogP contribution in [0.5, 0.6) is 0 Å². The van der Waals surface area contributed by atoms with Gasteiger partial charge in [0.2, 0.25) is 5.95 Å². The van der Waals surface area contributed by atoms with Gasteiger partial charge < -0.3 is 4.90 Å². The van der Waals surface area contributed by atoms with Crippen LogP contribution in [0, 0.1) is 11.8 Å². The molecule has 0 N–H and O–H groups in total. The third-order valence-electron chi connectivity index (χ3n) is 5.11. The Kier molecular flexibility index (Phi) is 4.00. The Morgan fingerprint density at radius 3 is 2.75 bits per heavy atom. The molecule has 1 saturated heterocycles. The van der Waals surface area contributed by atoms with Crippen LogP contribution in [0.3, 0.4) is 0 Å². The summed E-state index contributed by atoms with van der Waals surface area (Å²) in [6.45, 7) is 0.835. The van der Waals surface area contributed by atoms with E-state index in [4.69, 9.17) is 5.10 Å². The van der Waals surface area contributed by atoms with Crippen molar-refractivity contribution in [3.8, 4) is 11.4 Å². The van der Waals surface area contributed by atoms with Crippen molar-refractivity contribution in [2.24, 2.45) is 0 Å². The highest BCUT2D eigenvalue weighted by Crippen LogP contribution is 2.35. The molecule has 1 aliphatic heterocycles. The summed E-state index contributed by atoms with van der Waals surface area (Å²) in [5.74, 6) is -0.00827. The Balaban J connectivity index is 1.57. The van der Waals surface area contributed by atoms with Gasteiger partial charge in [-0.05, 0) is 54.8 Å². The van der Waals surface area contributed by atoms with Crippen LogP contribution in [-0.2, 0) is 0 Å². The average Bonchev–Trinajstić information content (AvgIpc) is 3.34. The Bertz CT molecular complexity index is 1160. The number of benzene rings is 1. The second kappa shape index (κ2) is 6.67. The number of hydrogen-bond acceptors (Lipinski definition) is 4. The van der Waals surface area contributed by atoms with Crippen LogP contribution in [0.1, 0.15) is 24.4 Å². The number of imidazole rings is 1. The summed E-state index contributed by atoms with van der Waals surface area (Å²) >= 11 is 0. The van der Waals surface area contributed by atoms with Gasteiger partial charge in [0.25, 0.3) is 0 Å². The molecule has 4 aromatic rings. The van der Waals surface area contributed by atoms with Crippen LogP contribution in [0.25, 0.3) is 17.0 Å². The average molecular weight is 377 g/mol. The normalized spacial score (nSPS) is 16.8. The Morgan fingerprint density at radius 2 is 1.89 bits per heavy atom. The first-order chi connectivity index (χ1) is 13.7. The molecule has 0 amide bonds. The zero-order chi connectivity index (χ0) is 19.1. The van der Waals surface area contributed by atoms with E-state index in [9.17, 15) is 8.78 Å². The van der Waals surface area contributed by atoms with Gasteiger partial charge in [-0.15, -0.1) is 5.10 Å². The highest BCUT2D eigenvalue weighted by molar-refractivity contribution is 5.60. The molecule has 3 aromatic heterocycles. The number of nitrogens with zero attached hydrogens (tertiary/aromatic N) is 5. The highest BCUT2D eigenvalue weighted by atomic mass is 19.1. The third-order valence-corrected chi connectivity index (χ3v) is 5.11. The van der Waals surface area contributed by atoms with Gasteiger partial charge in [0.1, 0.15) is 17.3 Å². The van der Waals surface area contributed by atoms with Crippen molar-refractivity contribution in [1.29, 1.82) is 0 Å². The minimum atomic E-state index is -0.547. The van der Waals surface area contributed by atoms with Crippen molar-refractivity contribution in [2.75, 3.05) is 11.4 Å². The van der Waals surface area contributed by atoms with E-state index in [1.54, 1.807) is 35.0 Å². The minimum Gasteiger partial charge on any atom is -0.348 e. The molecule has 1 aromatic carbocycles. The molecule has 4 heterocycles. The molecule has 1 unspecified atom stereocenters. The summed E-state index contributed by atoms with van der Waals surface area (Å²) in [5.41, 5.74) is 2.70. The fraction of sp³-hybridized carbons (Fsp3) is 0.190. The first kappa shape index (κ1) is 16.8. The number of halogens is 2. The molecule has 7 heteroatoms. The smallest absolute Gasteiger partial charge is 0.213 e. The molecule has 0 bridgehead atoms. The molecule has 0 aliphatic carbocycles. The van der Waals surface area contributed by atoms with E-state index in [0.717, 1.165) is 30.8 Å². The topological polar surface area (TPSA) is 46.3 Å². The van der Waals surface area contributed by atoms with Crippen molar-refractivity contribution in [3.05, 3.63) is 78.1 Å². The quantitative estimate of drug-likeness (QED) is 0.496. The molecule has 0 spiro atoms. The van der Waals surface area contributed by atoms with Crippen molar-refractivity contribution >= 4 is 11.5 Å². The van der Waals surface area contributed by atoms with E-state index >= 15 is 0 Å². The Hall–Kier alpha value is -3.35. The molecule has 0 radical (unpaired) electrons. The molecule has 5 rings (SSSR count). The Labute approximate surface area is 160 Å². The second-order valence-corrected chi connectivity index (χ2v) is 6.86. The number of fused-ring (bicyclic) bond motifs is 1. The van der Waals surface area contributed by atoms with Crippen LogP contribution >= 0.6 is 0 Å². The van der Waals surface area contributed by atoms with Gasteiger partial charge in [0.05, 0.1) is 17.9 Å². The third kappa shape index (κ3) is 2.89. The molecule has 140 valence electrons. The lowest BCUT2D eigenvalue weighted by Gasteiger charge is -2.26. The standard InChI is InChI=1S/C21H17F2N5/c22-15-5-1-4-14(12-15)17-7-3-11-27(17)21-10-9-20-24-13-18(28(20)26-21)16-6-2-8-19(23)25-16/h1-2,4-6,8-10,12-13,17H,3,7,11H2. The van der Waals surface area contributed by atoms with E-state index in [1.807, 2.05) is 18.2 Å². The number of anilines is 1. The fourth-order valence-corrected chi connectivity index (χ4v) is 3.84. The summed E-state index contributed by atoms with van der Waals surface area (Å²) in [7, 11) is 0. The van der Waals surface area contributed by atoms with Gasteiger partial charge in [-0.3, -0.25) is 0 Å². The molecule has 28 heavy (non-hydrogen) atoms. The summed E-state index contributed by atoms with van der Waals surface area (Å²) in [5, 5.41) is 4.75. The zero-order valence-electron chi connectivity index (χ0n) is 15.0. The van der Waals surface area contributed by atoms with Gasteiger partial charge in [-0.1, -0.05) is 18.2 Å². The predicted octanol–water partition coefficient (Wildman–Crippen LogP) is 4.41. The SMILES string of the molecule is Fc1cccc(C2CCCN2c2ccc3ncc(-c4cccc(F)n4)n3n2)c1. The summed E-state index contributed by atoms with van der Waals surface area (Å²) in [6, 6.07) is 15.2. The molecule has 1 aliphatic rings. The monoisotopic (exact) mass is 377 g/mol. The van der Waals surface area contributed by atoms with Crippen LogP contribution in [0.15, 0.2) is 60.8 Å². The number of pyridine rings is 1. The summed E-state index contributed by atoms with van der Waals surface area (Å²) in [4.78, 5) is 10.5. The van der Waals surface area contributed by atoms with Gasteiger partial charge in [-0.2, -0.15) is 4.39 Å². The molecule has 1 atom stereocenters. The van der Waals surface area contributed by atoms with Crippen LogP contribution in [0.2, 0.25) is 0 Å². The van der Waals surface area contributed by atoms with Crippen molar-refractivity contribution < 1.29 is 8.78 Å². The predicted molar refractivity (Wildman–Crippen MR) is 102 cm³/mol. The lowest BCUT2D eigenvalue weighted by atomic mass is 10.0. The maximum Gasteiger partial charge on any atom is 0.213 e. The maximum absolute atomic E-state index is 13.7. The van der Waals surface area contributed by atoms with Gasteiger partial charge in [-0.25, -0.2) is 18.9 Å². The van der Waals surface area contributed by atoms with Crippen molar-refractivity contribution in [3.63, 3.8) is 0 Å². The van der Waals surface area contributed by atoms with Crippen molar-refractivity contribution in [2.45, 2.75) is 18.9 Å². The van der Waals surface area contributed by atoms with E-state index in [1.165, 1.54) is 12.1 Å². The van der Waals surface area contributed by atoms with Gasteiger partial charge in [0.15, 0.2) is 5.65 Å². The van der Waals surface area contributed by atoms with Crippen LogP contribution in [-0.4, -0.2) is 26.1 Å². The van der Waals surface area contributed by atoms with E-state index in [2.05, 4.69) is 14.9 Å². The molecule has 1 fully saturated rings. The first-order valence-electron chi connectivity index (χ1n) is 9.19. The fourth-order valence-electron chi connectivity index (χ4n) is 3.84. The van der Waals surface area contributed by atoms with Gasteiger partial charge >= 0.3 is 0 Å². The molecular weight excluding hydrogens is 360 g/mol. The van der Waals surface area contributed by atoms with E-state index in [0.29, 0.717) is 17.0 Å². The number of rotatable bonds is 3. The highest BCUT2D eigenvalue weighted by Gasteiger charge is 2.28. The zero-order valence-corrected chi connectivity index (χ0v) is 15.0. The maximum atomic E-state index is 13.7. The minimum absolute atomic E-state index is 0.0694. The molecular formula is C21H17F2N5. The lowest BCUT2D eigenvalue weighted by Crippen LogP contribution is -2.24. The second-order valence-electron chi connectivity index (χ2n) is 6.86. The van der Waals surface area contributed by atoms with E-state index < -0.39 is 5.95 Å². The molecule has 0 saturated carbocycles. The van der Waals surface area contributed by atoms with Crippen molar-refractivity contribution in [1.82, 2.24) is 19.6 Å². The summed E-state index contributed by atoms with van der Waals surface area (Å²) < 4.78 is 28.9.